The number of hydrogen-bond acceptors (Lipinski definition) is 4. The Morgan fingerprint density at radius 2 is 2.33 bits per heavy atom. The van der Waals surface area contributed by atoms with Crippen LogP contribution in [-0.2, 0) is 6.54 Å². The second-order valence-electron chi connectivity index (χ2n) is 4.24. The number of rotatable bonds is 3. The minimum Gasteiger partial charge on any atom is -0.346 e. The molecule has 0 fully saturated rings. The van der Waals surface area contributed by atoms with E-state index in [2.05, 4.69) is 22.1 Å². The van der Waals surface area contributed by atoms with Crippen molar-refractivity contribution >= 4 is 28.8 Å². The zero-order valence-corrected chi connectivity index (χ0v) is 13.0. The largest absolute Gasteiger partial charge is 0.346 e. The van der Waals surface area contributed by atoms with Crippen molar-refractivity contribution in [2.45, 2.75) is 13.5 Å². The van der Waals surface area contributed by atoms with Crippen LogP contribution in [0.25, 0.3) is 0 Å². The number of amides is 1. The first-order valence-electron chi connectivity index (χ1n) is 6.28. The molecule has 0 atom stereocenters. The number of aromatic nitrogens is 1. The Labute approximate surface area is 132 Å². The Morgan fingerprint density at radius 3 is 2.95 bits per heavy atom. The molecule has 0 saturated heterocycles. The molecule has 21 heavy (non-hydrogen) atoms. The van der Waals surface area contributed by atoms with Crippen LogP contribution in [0.3, 0.4) is 0 Å². The number of carbonyl (C=O) groups excluding carboxylic acids is 1. The number of thiazole rings is 1. The molecule has 1 amide bonds. The molecule has 1 aromatic carbocycles. The van der Waals surface area contributed by atoms with Gasteiger partial charge in [0.1, 0.15) is 0 Å². The number of nitrogens with one attached hydrogen (secondary N) is 1. The van der Waals surface area contributed by atoms with Gasteiger partial charge in [-0.1, -0.05) is 23.4 Å². The SMILES string of the molecule is Cc1nc(CNC(=O)c2ccc(C#CCN)c(Cl)c2)cs1. The van der Waals surface area contributed by atoms with Gasteiger partial charge in [-0.2, -0.15) is 0 Å². The fraction of sp³-hybridized carbons (Fsp3) is 0.200. The molecule has 0 spiro atoms. The highest BCUT2D eigenvalue weighted by Crippen LogP contribution is 2.17. The second-order valence-corrected chi connectivity index (χ2v) is 5.71. The monoisotopic (exact) mass is 319 g/mol. The highest BCUT2D eigenvalue weighted by Gasteiger charge is 2.08. The smallest absolute Gasteiger partial charge is 0.251 e. The summed E-state index contributed by atoms with van der Waals surface area (Å²) in [5, 5.41) is 6.15. The van der Waals surface area contributed by atoms with Crippen LogP contribution < -0.4 is 11.1 Å². The molecule has 108 valence electrons. The molecular formula is C15H14ClN3OS. The Morgan fingerprint density at radius 1 is 1.52 bits per heavy atom. The van der Waals surface area contributed by atoms with Crippen LogP contribution in [0.2, 0.25) is 5.02 Å². The van der Waals surface area contributed by atoms with Crippen molar-refractivity contribution in [2.75, 3.05) is 6.54 Å². The topological polar surface area (TPSA) is 68.0 Å². The van der Waals surface area contributed by atoms with Gasteiger partial charge in [-0.25, -0.2) is 4.98 Å². The van der Waals surface area contributed by atoms with E-state index in [1.54, 1.807) is 29.5 Å². The van der Waals surface area contributed by atoms with Crippen LogP contribution in [0.1, 0.15) is 26.6 Å². The van der Waals surface area contributed by atoms with Crippen molar-refractivity contribution in [3.05, 3.63) is 50.4 Å². The average Bonchev–Trinajstić information content (AvgIpc) is 2.89. The molecule has 6 heteroatoms. The van der Waals surface area contributed by atoms with Gasteiger partial charge < -0.3 is 11.1 Å². The van der Waals surface area contributed by atoms with E-state index in [1.165, 1.54) is 0 Å². The number of carbonyl (C=O) groups is 1. The first-order valence-corrected chi connectivity index (χ1v) is 7.53. The van der Waals surface area contributed by atoms with Gasteiger partial charge in [0, 0.05) is 16.5 Å². The summed E-state index contributed by atoms with van der Waals surface area (Å²) in [6.45, 7) is 2.60. The Kier molecular flexibility index (Phi) is 5.34. The molecule has 0 aliphatic rings. The molecule has 0 saturated carbocycles. The summed E-state index contributed by atoms with van der Waals surface area (Å²) in [5.41, 5.74) is 7.32. The van der Waals surface area contributed by atoms with Crippen LogP contribution in [0, 0.1) is 18.8 Å². The average molecular weight is 320 g/mol. The summed E-state index contributed by atoms with van der Waals surface area (Å²) in [5.74, 6) is 5.39. The maximum Gasteiger partial charge on any atom is 0.251 e. The quantitative estimate of drug-likeness (QED) is 0.853. The Bertz CT molecular complexity index is 715. The third kappa shape index (κ3) is 4.30. The van der Waals surface area contributed by atoms with Gasteiger partial charge in [0.25, 0.3) is 5.91 Å². The Hall–Kier alpha value is -1.87. The van der Waals surface area contributed by atoms with Crippen molar-refractivity contribution in [1.82, 2.24) is 10.3 Å². The van der Waals surface area contributed by atoms with Gasteiger partial charge in [0.15, 0.2) is 0 Å². The van der Waals surface area contributed by atoms with Crippen molar-refractivity contribution in [2.24, 2.45) is 5.73 Å². The van der Waals surface area contributed by atoms with E-state index in [4.69, 9.17) is 17.3 Å². The molecular weight excluding hydrogens is 306 g/mol. The number of benzene rings is 1. The van der Waals surface area contributed by atoms with Gasteiger partial charge in [0.2, 0.25) is 0 Å². The fourth-order valence-corrected chi connectivity index (χ4v) is 2.51. The zero-order chi connectivity index (χ0) is 15.2. The standard InChI is InChI=1S/C15H14ClN3OS/c1-10-19-13(9-21-10)8-18-15(20)12-5-4-11(3-2-6-17)14(16)7-12/h4-5,7,9H,6,8,17H2,1H3,(H,18,20). The minimum atomic E-state index is -0.194. The molecule has 0 radical (unpaired) electrons. The van der Waals surface area contributed by atoms with Gasteiger partial charge in [-0.05, 0) is 25.1 Å². The number of nitrogens with zero attached hydrogens (tertiary/aromatic N) is 1. The third-order valence-electron chi connectivity index (χ3n) is 2.65. The number of aryl methyl sites for hydroxylation is 1. The number of nitrogens with two attached hydrogens (primary N) is 1. The summed E-state index contributed by atoms with van der Waals surface area (Å²) < 4.78 is 0. The van der Waals surface area contributed by atoms with Gasteiger partial charge >= 0.3 is 0 Å². The number of hydrogen-bond donors (Lipinski definition) is 2. The van der Waals surface area contributed by atoms with E-state index in [-0.39, 0.29) is 12.5 Å². The molecule has 4 nitrogen and oxygen atoms in total. The van der Waals surface area contributed by atoms with Crippen molar-refractivity contribution < 1.29 is 4.79 Å². The lowest BCUT2D eigenvalue weighted by molar-refractivity contribution is 0.0950. The van der Waals surface area contributed by atoms with Crippen LogP contribution >= 0.6 is 22.9 Å². The molecule has 0 aliphatic heterocycles. The highest BCUT2D eigenvalue weighted by atomic mass is 35.5. The molecule has 2 aromatic rings. The first kappa shape index (κ1) is 15.5. The summed E-state index contributed by atoms with van der Waals surface area (Å²) in [6, 6.07) is 5.00. The van der Waals surface area contributed by atoms with E-state index in [0.29, 0.717) is 22.7 Å². The molecule has 1 heterocycles. The third-order valence-corrected chi connectivity index (χ3v) is 3.79. The van der Waals surface area contributed by atoms with Gasteiger partial charge in [-0.15, -0.1) is 11.3 Å². The molecule has 0 aliphatic carbocycles. The predicted octanol–water partition coefficient (Wildman–Crippen LogP) is 2.35. The normalized spacial score (nSPS) is 9.86. The maximum absolute atomic E-state index is 12.1. The van der Waals surface area contributed by atoms with Crippen molar-refractivity contribution in [3.8, 4) is 11.8 Å². The fourth-order valence-electron chi connectivity index (χ4n) is 1.67. The summed E-state index contributed by atoms with van der Waals surface area (Å²) in [6.07, 6.45) is 0. The first-order chi connectivity index (χ1) is 10.1. The summed E-state index contributed by atoms with van der Waals surface area (Å²) >= 11 is 7.65. The highest BCUT2D eigenvalue weighted by molar-refractivity contribution is 7.09. The molecule has 3 N–H and O–H groups in total. The Balaban J connectivity index is 2.04. The molecule has 1 aromatic heterocycles. The van der Waals surface area contributed by atoms with E-state index in [0.717, 1.165) is 10.7 Å². The molecule has 0 unspecified atom stereocenters. The lowest BCUT2D eigenvalue weighted by Gasteiger charge is -2.05. The zero-order valence-electron chi connectivity index (χ0n) is 11.4. The van der Waals surface area contributed by atoms with Crippen LogP contribution in [-0.4, -0.2) is 17.4 Å². The lowest BCUT2D eigenvalue weighted by atomic mass is 10.1. The summed E-state index contributed by atoms with van der Waals surface area (Å²) in [7, 11) is 0. The predicted molar refractivity (Wildman–Crippen MR) is 85.4 cm³/mol. The molecule has 0 bridgehead atoms. The van der Waals surface area contributed by atoms with Crippen molar-refractivity contribution in [1.29, 1.82) is 0 Å². The van der Waals surface area contributed by atoms with E-state index in [9.17, 15) is 4.79 Å². The van der Waals surface area contributed by atoms with Crippen LogP contribution in [0.15, 0.2) is 23.6 Å². The molecule has 2 rings (SSSR count). The van der Waals surface area contributed by atoms with Gasteiger partial charge in [-0.3, -0.25) is 4.79 Å². The maximum atomic E-state index is 12.1. The lowest BCUT2D eigenvalue weighted by Crippen LogP contribution is -2.23. The van der Waals surface area contributed by atoms with Crippen LogP contribution in [0.5, 0.6) is 0 Å². The van der Waals surface area contributed by atoms with Crippen LogP contribution in [0.4, 0.5) is 0 Å². The van der Waals surface area contributed by atoms with E-state index >= 15 is 0 Å². The van der Waals surface area contributed by atoms with E-state index < -0.39 is 0 Å². The second kappa shape index (κ2) is 7.23. The van der Waals surface area contributed by atoms with E-state index in [1.807, 2.05) is 12.3 Å². The van der Waals surface area contributed by atoms with Gasteiger partial charge in [0.05, 0.1) is 28.8 Å². The minimum absolute atomic E-state index is 0.194. The van der Waals surface area contributed by atoms with Crippen molar-refractivity contribution in [3.63, 3.8) is 0 Å². The number of halogens is 1. The summed E-state index contributed by atoms with van der Waals surface area (Å²) in [4.78, 5) is 16.3.